The maximum Gasteiger partial charge on any atom is 0.224 e. The highest BCUT2D eigenvalue weighted by Crippen LogP contribution is 2.14. The predicted molar refractivity (Wildman–Crippen MR) is 73.1 cm³/mol. The second-order valence-corrected chi connectivity index (χ2v) is 5.29. The Morgan fingerprint density at radius 3 is 2.85 bits per heavy atom. The van der Waals surface area contributed by atoms with E-state index >= 15 is 0 Å². The van der Waals surface area contributed by atoms with Gasteiger partial charge in [-0.05, 0) is 20.3 Å². The number of nitrogens with one attached hydrogen (secondary N) is 1. The lowest BCUT2D eigenvalue weighted by Crippen LogP contribution is -2.38. The van der Waals surface area contributed by atoms with Crippen LogP contribution < -0.4 is 5.32 Å². The molecule has 6 heteroatoms. The Morgan fingerprint density at radius 2 is 2.25 bits per heavy atom. The molecule has 1 fully saturated rings. The number of carbonyl (C=O) groups is 2. The molecule has 1 aliphatic heterocycles. The number of rotatable bonds is 5. The van der Waals surface area contributed by atoms with Crippen molar-refractivity contribution in [2.75, 3.05) is 13.1 Å². The quantitative estimate of drug-likeness (QED) is 0.871. The summed E-state index contributed by atoms with van der Waals surface area (Å²) in [6.07, 6.45) is 1.58. The van der Waals surface area contributed by atoms with Crippen LogP contribution in [0.1, 0.15) is 36.8 Å². The number of likely N-dealkylation sites (tertiary alicyclic amines) is 1. The Morgan fingerprint density at radius 1 is 1.50 bits per heavy atom. The highest BCUT2D eigenvalue weighted by Gasteiger charge is 2.30. The van der Waals surface area contributed by atoms with Crippen molar-refractivity contribution in [3.63, 3.8) is 0 Å². The molecule has 1 atom stereocenters. The van der Waals surface area contributed by atoms with E-state index in [1.165, 1.54) is 0 Å². The Labute approximate surface area is 118 Å². The van der Waals surface area contributed by atoms with Gasteiger partial charge >= 0.3 is 0 Å². The zero-order chi connectivity index (χ0) is 14.7. The van der Waals surface area contributed by atoms with Gasteiger partial charge in [0.25, 0.3) is 0 Å². The Bertz CT molecular complexity index is 490. The lowest BCUT2D eigenvalue weighted by Gasteiger charge is -2.16. The summed E-state index contributed by atoms with van der Waals surface area (Å²) in [6, 6.07) is -0.0815. The molecule has 0 spiro atoms. The Kier molecular flexibility index (Phi) is 4.42. The fourth-order valence-electron chi connectivity index (χ4n) is 2.55. The summed E-state index contributed by atoms with van der Waals surface area (Å²) >= 11 is 0. The molecular weight excluding hydrogens is 258 g/mol. The summed E-state index contributed by atoms with van der Waals surface area (Å²) in [5.74, 6) is 0.706. The first-order valence-electron chi connectivity index (χ1n) is 7.00. The normalized spacial score (nSPS) is 18.6. The highest BCUT2D eigenvalue weighted by molar-refractivity contribution is 5.83. The fraction of sp³-hybridized carbons (Fsp3) is 0.643. The van der Waals surface area contributed by atoms with Gasteiger partial charge in [0.05, 0.1) is 18.2 Å². The molecule has 0 saturated carbocycles. The molecule has 0 unspecified atom stereocenters. The van der Waals surface area contributed by atoms with Gasteiger partial charge in [-0.1, -0.05) is 12.1 Å². The molecule has 0 aromatic carbocycles. The molecule has 1 aliphatic rings. The van der Waals surface area contributed by atoms with Gasteiger partial charge in [-0.3, -0.25) is 9.59 Å². The first kappa shape index (κ1) is 14.6. The van der Waals surface area contributed by atoms with E-state index < -0.39 is 0 Å². The van der Waals surface area contributed by atoms with Crippen LogP contribution in [0.15, 0.2) is 4.52 Å². The second-order valence-electron chi connectivity index (χ2n) is 5.29. The zero-order valence-corrected chi connectivity index (χ0v) is 12.2. The molecule has 6 nitrogen and oxygen atoms in total. The van der Waals surface area contributed by atoms with Crippen LogP contribution in [0, 0.1) is 13.8 Å². The van der Waals surface area contributed by atoms with Gasteiger partial charge in [-0.15, -0.1) is 0 Å². The van der Waals surface area contributed by atoms with Crippen LogP contribution in [0.3, 0.4) is 0 Å². The molecular formula is C14H21N3O3. The molecule has 1 saturated heterocycles. The van der Waals surface area contributed by atoms with Crippen LogP contribution in [0.4, 0.5) is 0 Å². The second kappa shape index (κ2) is 6.07. The van der Waals surface area contributed by atoms with Crippen molar-refractivity contribution in [1.29, 1.82) is 0 Å². The molecule has 1 aromatic heterocycles. The number of hydrogen-bond acceptors (Lipinski definition) is 4. The molecule has 20 heavy (non-hydrogen) atoms. The molecule has 2 amide bonds. The first-order valence-corrected chi connectivity index (χ1v) is 7.00. The maximum atomic E-state index is 12.0. The van der Waals surface area contributed by atoms with Crippen molar-refractivity contribution in [2.45, 2.75) is 46.1 Å². The van der Waals surface area contributed by atoms with Crippen molar-refractivity contribution >= 4 is 11.8 Å². The van der Waals surface area contributed by atoms with Gasteiger partial charge in [0.2, 0.25) is 11.8 Å². The van der Waals surface area contributed by atoms with Crippen LogP contribution in [-0.2, 0) is 16.0 Å². The van der Waals surface area contributed by atoms with Crippen LogP contribution in [0.5, 0.6) is 0 Å². The van der Waals surface area contributed by atoms with Gasteiger partial charge < -0.3 is 14.7 Å². The summed E-state index contributed by atoms with van der Waals surface area (Å²) in [5.41, 5.74) is 1.57. The lowest BCUT2D eigenvalue weighted by molar-refractivity contribution is -0.127. The third-order valence-electron chi connectivity index (χ3n) is 3.59. The summed E-state index contributed by atoms with van der Waals surface area (Å²) in [6.45, 7) is 7.03. The SMILES string of the molecule is CCCN1C[C@@H](NC(=O)Cc2c(C)noc2C)CC1=O. The van der Waals surface area contributed by atoms with E-state index in [4.69, 9.17) is 4.52 Å². The van der Waals surface area contributed by atoms with E-state index in [1.807, 2.05) is 13.8 Å². The topological polar surface area (TPSA) is 75.4 Å². The molecule has 0 radical (unpaired) electrons. The monoisotopic (exact) mass is 279 g/mol. The van der Waals surface area contributed by atoms with E-state index in [0.717, 1.165) is 24.2 Å². The standard InChI is InChI=1S/C14H21N3O3/c1-4-5-17-8-11(6-14(17)19)15-13(18)7-12-9(2)16-20-10(12)3/h11H,4-8H2,1-3H3,(H,15,18)/t11-/m0/s1. The third-order valence-corrected chi connectivity index (χ3v) is 3.59. The van der Waals surface area contributed by atoms with E-state index in [1.54, 1.807) is 11.8 Å². The molecule has 1 N–H and O–H groups in total. The van der Waals surface area contributed by atoms with Gasteiger partial charge in [-0.2, -0.15) is 0 Å². The van der Waals surface area contributed by atoms with E-state index in [0.29, 0.717) is 18.7 Å². The average molecular weight is 279 g/mol. The van der Waals surface area contributed by atoms with Crippen LogP contribution >= 0.6 is 0 Å². The van der Waals surface area contributed by atoms with Gasteiger partial charge in [0.15, 0.2) is 0 Å². The molecule has 0 aliphatic carbocycles. The zero-order valence-electron chi connectivity index (χ0n) is 12.2. The Hall–Kier alpha value is -1.85. The molecule has 2 rings (SSSR count). The van der Waals surface area contributed by atoms with E-state index in [-0.39, 0.29) is 24.3 Å². The highest BCUT2D eigenvalue weighted by atomic mass is 16.5. The summed E-state index contributed by atoms with van der Waals surface area (Å²) in [7, 11) is 0. The van der Waals surface area contributed by atoms with E-state index in [2.05, 4.69) is 10.5 Å². The van der Waals surface area contributed by atoms with Crippen LogP contribution in [0.25, 0.3) is 0 Å². The fourth-order valence-corrected chi connectivity index (χ4v) is 2.55. The number of hydrogen-bond donors (Lipinski definition) is 1. The smallest absolute Gasteiger partial charge is 0.224 e. The molecule has 110 valence electrons. The molecule has 1 aromatic rings. The molecule has 2 heterocycles. The van der Waals surface area contributed by atoms with Gasteiger partial charge in [0, 0.05) is 25.1 Å². The summed E-state index contributed by atoms with van der Waals surface area (Å²) in [4.78, 5) is 25.6. The number of amides is 2. The minimum Gasteiger partial charge on any atom is -0.361 e. The van der Waals surface area contributed by atoms with Gasteiger partial charge in [-0.25, -0.2) is 0 Å². The third kappa shape index (κ3) is 3.18. The van der Waals surface area contributed by atoms with Crippen molar-refractivity contribution in [3.8, 4) is 0 Å². The average Bonchev–Trinajstić information content (AvgIpc) is 2.87. The van der Waals surface area contributed by atoms with E-state index in [9.17, 15) is 9.59 Å². The number of aryl methyl sites for hydroxylation is 2. The molecule has 0 bridgehead atoms. The van der Waals surface area contributed by atoms with Crippen LogP contribution in [0.2, 0.25) is 0 Å². The first-order chi connectivity index (χ1) is 9.51. The van der Waals surface area contributed by atoms with Crippen molar-refractivity contribution in [3.05, 3.63) is 17.0 Å². The predicted octanol–water partition coefficient (Wildman–Crippen LogP) is 0.961. The summed E-state index contributed by atoms with van der Waals surface area (Å²) < 4.78 is 5.04. The Balaban J connectivity index is 1.88. The summed E-state index contributed by atoms with van der Waals surface area (Å²) in [5, 5.41) is 6.75. The van der Waals surface area contributed by atoms with Crippen LogP contribution in [-0.4, -0.2) is 41.0 Å². The largest absolute Gasteiger partial charge is 0.361 e. The van der Waals surface area contributed by atoms with Crippen molar-refractivity contribution in [2.24, 2.45) is 0 Å². The minimum absolute atomic E-state index is 0.0815. The minimum atomic E-state index is -0.0875. The van der Waals surface area contributed by atoms with Crippen molar-refractivity contribution < 1.29 is 14.1 Å². The number of aromatic nitrogens is 1. The number of nitrogens with zero attached hydrogens (tertiary/aromatic N) is 2. The number of carbonyl (C=O) groups excluding carboxylic acids is 2. The lowest BCUT2D eigenvalue weighted by atomic mass is 10.1. The van der Waals surface area contributed by atoms with Gasteiger partial charge in [0.1, 0.15) is 5.76 Å². The maximum absolute atomic E-state index is 12.0. The van der Waals surface area contributed by atoms with Crippen molar-refractivity contribution in [1.82, 2.24) is 15.4 Å².